The van der Waals surface area contributed by atoms with Gasteiger partial charge in [0.1, 0.15) is 0 Å². The van der Waals surface area contributed by atoms with Crippen molar-refractivity contribution in [3.05, 3.63) is 85.2 Å². The first-order valence-corrected chi connectivity index (χ1v) is 16.3. The van der Waals surface area contributed by atoms with E-state index in [1.807, 2.05) is 23.5 Å². The Kier molecular flexibility index (Phi) is 6.18. The molecule has 0 aliphatic heterocycles. The fraction of sp³-hybridized carbons (Fsp3) is 0.200. The second kappa shape index (κ2) is 7.80. The highest BCUT2D eigenvalue weighted by atomic mass is 28.5. The van der Waals surface area contributed by atoms with Crippen LogP contribution in [0, 0.1) is 0 Å². The highest BCUT2D eigenvalue weighted by Crippen LogP contribution is 2.22. The molecule has 0 aliphatic carbocycles. The van der Waals surface area contributed by atoms with Gasteiger partial charge in [-0.2, -0.15) is 0 Å². The zero-order valence-electron chi connectivity index (χ0n) is 15.7. The van der Waals surface area contributed by atoms with Gasteiger partial charge in [-0.1, -0.05) is 72.1 Å². The van der Waals surface area contributed by atoms with Crippen LogP contribution < -0.4 is 10.4 Å². The Morgan fingerprint density at radius 3 is 1.44 bits per heavy atom. The van der Waals surface area contributed by atoms with Crippen molar-refractivity contribution in [2.24, 2.45) is 0 Å². The molecule has 1 unspecified atom stereocenters. The molecule has 0 bridgehead atoms. The summed E-state index contributed by atoms with van der Waals surface area (Å²) in [6.07, 6.45) is 0. The minimum Gasteiger partial charge on any atom is -0.434 e. The Hall–Kier alpha value is -1.51. The van der Waals surface area contributed by atoms with E-state index in [9.17, 15) is 0 Å². The van der Waals surface area contributed by atoms with E-state index >= 15 is 0 Å². The summed E-state index contributed by atoms with van der Waals surface area (Å²) in [4.78, 5) is 0. The van der Waals surface area contributed by atoms with Gasteiger partial charge in [0.2, 0.25) is 0 Å². The molecule has 2 aromatic rings. The lowest BCUT2D eigenvalue weighted by Gasteiger charge is -2.40. The quantitative estimate of drug-likeness (QED) is 0.637. The van der Waals surface area contributed by atoms with Gasteiger partial charge in [-0.3, -0.25) is 0 Å². The average Bonchev–Trinajstić information content (AvgIpc) is 2.60. The summed E-state index contributed by atoms with van der Waals surface area (Å²) in [5.41, 5.74) is 3.92. The fourth-order valence-corrected chi connectivity index (χ4v) is 15.1. The van der Waals surface area contributed by atoms with Gasteiger partial charge in [-0.05, 0) is 36.6 Å². The summed E-state index contributed by atoms with van der Waals surface area (Å²) in [5, 5.41) is 2.35. The summed E-state index contributed by atoms with van der Waals surface area (Å²) in [6, 6.07) is 20.8. The molecule has 0 N–H and O–H groups in total. The van der Waals surface area contributed by atoms with Crippen molar-refractivity contribution < 1.29 is 8.23 Å². The molecule has 25 heavy (non-hydrogen) atoms. The van der Waals surface area contributed by atoms with Crippen molar-refractivity contribution in [3.8, 4) is 0 Å². The van der Waals surface area contributed by atoms with Crippen molar-refractivity contribution in [1.82, 2.24) is 0 Å². The minimum atomic E-state index is -2.63. The average molecular weight is 385 g/mol. The summed E-state index contributed by atoms with van der Waals surface area (Å²) in [5.74, 6) is 0. The van der Waals surface area contributed by atoms with Gasteiger partial charge in [-0.25, -0.2) is 0 Å². The van der Waals surface area contributed by atoms with E-state index in [0.29, 0.717) is 0 Å². The molecule has 1 atom stereocenters. The Bertz CT molecular complexity index is 671. The monoisotopic (exact) mass is 384 g/mol. The van der Waals surface area contributed by atoms with Gasteiger partial charge >= 0.3 is 8.56 Å². The molecule has 2 aromatic carbocycles. The van der Waals surface area contributed by atoms with Crippen molar-refractivity contribution >= 4 is 35.6 Å². The number of benzene rings is 2. The van der Waals surface area contributed by atoms with Gasteiger partial charge in [0.25, 0.3) is 8.32 Å². The maximum Gasteiger partial charge on any atom is 0.341 e. The standard InChI is InChI=1S/C20H28O2Si3/c1-7-24(6,21-23(3,4)5)22-25(8-2,19-15-11-9-12-16-19)20-17-13-10-14-18-20/h7-18H,1-2H2,3-6H3. The first-order valence-electron chi connectivity index (χ1n) is 8.53. The molecule has 0 aromatic heterocycles. The fourth-order valence-electron chi connectivity index (χ4n) is 2.97. The van der Waals surface area contributed by atoms with E-state index in [-0.39, 0.29) is 0 Å². The zero-order chi connectivity index (χ0) is 18.6. The van der Waals surface area contributed by atoms with Crippen LogP contribution in [-0.4, -0.2) is 25.2 Å². The van der Waals surface area contributed by atoms with Crippen LogP contribution in [0.3, 0.4) is 0 Å². The zero-order valence-corrected chi connectivity index (χ0v) is 18.7. The Labute approximate surface area is 155 Å². The molecule has 0 saturated carbocycles. The van der Waals surface area contributed by atoms with Gasteiger partial charge < -0.3 is 8.23 Å². The smallest absolute Gasteiger partial charge is 0.341 e. The largest absolute Gasteiger partial charge is 0.434 e. The second-order valence-corrected chi connectivity index (χ2v) is 18.5. The number of hydrogen-bond donors (Lipinski definition) is 0. The van der Waals surface area contributed by atoms with Gasteiger partial charge in [-0.15, -0.1) is 13.2 Å². The van der Waals surface area contributed by atoms with Gasteiger partial charge in [0, 0.05) is 0 Å². The van der Waals surface area contributed by atoms with Crippen LogP contribution in [0.2, 0.25) is 26.2 Å². The Morgan fingerprint density at radius 2 is 1.12 bits per heavy atom. The second-order valence-electron chi connectivity index (χ2n) is 7.21. The van der Waals surface area contributed by atoms with E-state index in [0.717, 1.165) is 0 Å². The van der Waals surface area contributed by atoms with Crippen LogP contribution in [-0.2, 0) is 8.23 Å². The van der Waals surface area contributed by atoms with Crippen LogP contribution in [0.1, 0.15) is 0 Å². The highest BCUT2D eigenvalue weighted by Gasteiger charge is 2.45. The summed E-state index contributed by atoms with van der Waals surface area (Å²) < 4.78 is 13.4. The lowest BCUT2D eigenvalue weighted by Crippen LogP contribution is -2.66. The van der Waals surface area contributed by atoms with Crippen LogP contribution in [0.25, 0.3) is 0 Å². The van der Waals surface area contributed by atoms with Crippen LogP contribution in [0.5, 0.6) is 0 Å². The summed E-state index contributed by atoms with van der Waals surface area (Å²) >= 11 is 0. The third-order valence-corrected chi connectivity index (χ3v) is 14.6. The molecule has 5 heteroatoms. The first kappa shape index (κ1) is 19.8. The molecule has 0 aliphatic rings. The predicted molar refractivity (Wildman–Crippen MR) is 115 cm³/mol. The maximum absolute atomic E-state index is 6.93. The van der Waals surface area contributed by atoms with Gasteiger partial charge in [0.15, 0.2) is 8.32 Å². The summed E-state index contributed by atoms with van der Waals surface area (Å²) in [6.45, 7) is 16.9. The predicted octanol–water partition coefficient (Wildman–Crippen LogP) is 4.14. The SMILES string of the molecule is C=C[Si](C)(O[Si](C)(C)C)O[Si](C=C)(c1ccccc1)c1ccccc1. The molecule has 0 heterocycles. The topological polar surface area (TPSA) is 18.5 Å². The molecule has 2 rings (SSSR count). The lowest BCUT2D eigenvalue weighted by atomic mass is 10.4. The van der Waals surface area contributed by atoms with Crippen LogP contribution in [0.4, 0.5) is 0 Å². The van der Waals surface area contributed by atoms with Crippen molar-refractivity contribution in [1.29, 1.82) is 0 Å². The van der Waals surface area contributed by atoms with E-state index in [2.05, 4.69) is 87.9 Å². The van der Waals surface area contributed by atoms with Crippen molar-refractivity contribution in [3.63, 3.8) is 0 Å². The number of rotatable bonds is 8. The van der Waals surface area contributed by atoms with Crippen molar-refractivity contribution in [2.45, 2.75) is 26.2 Å². The lowest BCUT2D eigenvalue weighted by molar-refractivity contribution is 0.410. The van der Waals surface area contributed by atoms with Crippen LogP contribution >= 0.6 is 0 Å². The molecule has 0 radical (unpaired) electrons. The molecule has 132 valence electrons. The Morgan fingerprint density at radius 1 is 0.680 bits per heavy atom. The molecule has 2 nitrogen and oxygen atoms in total. The van der Waals surface area contributed by atoms with Crippen LogP contribution in [0.15, 0.2) is 85.2 Å². The third-order valence-electron chi connectivity index (χ3n) is 3.94. The normalized spacial score (nSPS) is 14.6. The van der Waals surface area contributed by atoms with E-state index in [4.69, 9.17) is 8.23 Å². The summed E-state index contributed by atoms with van der Waals surface area (Å²) in [7, 11) is -6.97. The van der Waals surface area contributed by atoms with E-state index in [1.54, 1.807) is 0 Å². The van der Waals surface area contributed by atoms with Gasteiger partial charge in [0.05, 0.1) is 0 Å². The van der Waals surface area contributed by atoms with E-state index in [1.165, 1.54) is 10.4 Å². The third kappa shape index (κ3) is 4.77. The minimum absolute atomic E-state index is 1.18. The molecule has 0 saturated heterocycles. The molecule has 0 fully saturated rings. The molecular formula is C20H28O2Si3. The number of hydrogen-bond acceptors (Lipinski definition) is 2. The maximum atomic E-state index is 6.93. The molecular weight excluding hydrogens is 356 g/mol. The van der Waals surface area contributed by atoms with Crippen molar-refractivity contribution in [2.75, 3.05) is 0 Å². The van der Waals surface area contributed by atoms with E-state index < -0.39 is 25.2 Å². The highest BCUT2D eigenvalue weighted by molar-refractivity contribution is 7.06. The Balaban J connectivity index is 2.59. The molecule has 0 spiro atoms. The first-order chi connectivity index (χ1) is 11.7. The molecule has 0 amide bonds.